The highest BCUT2D eigenvalue weighted by molar-refractivity contribution is 6.07. The second-order valence-corrected chi connectivity index (χ2v) is 6.85. The van der Waals surface area contributed by atoms with Crippen molar-refractivity contribution in [1.82, 2.24) is 9.88 Å². The lowest BCUT2D eigenvalue weighted by atomic mass is 9.99. The van der Waals surface area contributed by atoms with E-state index in [9.17, 15) is 9.59 Å². The monoisotopic (exact) mass is 351 g/mol. The predicted molar refractivity (Wildman–Crippen MR) is 102 cm³/mol. The van der Waals surface area contributed by atoms with E-state index in [-0.39, 0.29) is 11.8 Å². The molecule has 0 N–H and O–H groups in total. The number of likely N-dealkylation sites (tertiary alicyclic amines) is 1. The summed E-state index contributed by atoms with van der Waals surface area (Å²) in [5, 5.41) is 0. The molecule has 1 unspecified atom stereocenters. The van der Waals surface area contributed by atoms with E-state index in [0.29, 0.717) is 23.6 Å². The van der Waals surface area contributed by atoms with E-state index < -0.39 is 0 Å². The van der Waals surface area contributed by atoms with Crippen LogP contribution in [0, 0.1) is 5.92 Å². The normalized spacial score (nSPS) is 17.0. The molecule has 5 nitrogen and oxygen atoms in total. The molecule has 0 aliphatic carbocycles. The molecule has 0 saturated carbocycles. The van der Waals surface area contributed by atoms with Gasteiger partial charge in [-0.05, 0) is 43.9 Å². The number of piperidine rings is 1. The number of rotatable bonds is 4. The molecule has 1 aromatic carbocycles. The molecule has 136 valence electrons. The van der Waals surface area contributed by atoms with E-state index in [1.165, 1.54) is 6.20 Å². The summed E-state index contributed by atoms with van der Waals surface area (Å²) in [6.45, 7) is 6.18. The van der Waals surface area contributed by atoms with E-state index in [2.05, 4.69) is 11.9 Å². The van der Waals surface area contributed by atoms with Gasteiger partial charge in [0.05, 0.1) is 11.1 Å². The maximum absolute atomic E-state index is 12.9. The number of benzene rings is 1. The maximum Gasteiger partial charge on any atom is 0.259 e. The number of carbonyl (C=O) groups is 2. The Morgan fingerprint density at radius 3 is 2.62 bits per heavy atom. The number of pyridine rings is 1. The van der Waals surface area contributed by atoms with Gasteiger partial charge in [0.1, 0.15) is 0 Å². The average Bonchev–Trinajstić information content (AvgIpc) is 2.69. The zero-order valence-corrected chi connectivity index (χ0v) is 15.4. The standard InChI is InChI=1S/C21H25N3O2/c1-3-24(19-9-5-4-6-10-19)21(26)18-12-17(13-22-14-18)20(25)23-11-7-8-16(2)15-23/h4-6,9-10,12-14,16H,3,7-8,11,15H2,1-2H3. The van der Waals surface area contributed by atoms with Gasteiger partial charge in [-0.1, -0.05) is 25.1 Å². The molecule has 1 aromatic heterocycles. The van der Waals surface area contributed by atoms with Crippen LogP contribution in [-0.2, 0) is 0 Å². The van der Waals surface area contributed by atoms with Gasteiger partial charge in [-0.25, -0.2) is 0 Å². The number of aromatic nitrogens is 1. The molecule has 26 heavy (non-hydrogen) atoms. The Labute approximate surface area is 154 Å². The molecular weight excluding hydrogens is 326 g/mol. The lowest BCUT2D eigenvalue weighted by molar-refractivity contribution is 0.0682. The minimum absolute atomic E-state index is 0.0403. The number of carbonyl (C=O) groups excluding carboxylic acids is 2. The van der Waals surface area contributed by atoms with Crippen LogP contribution in [0.3, 0.4) is 0 Å². The Morgan fingerprint density at radius 1 is 1.19 bits per heavy atom. The highest BCUT2D eigenvalue weighted by Crippen LogP contribution is 2.20. The topological polar surface area (TPSA) is 53.5 Å². The molecule has 1 saturated heterocycles. The minimum atomic E-state index is -0.145. The molecule has 0 bridgehead atoms. The summed E-state index contributed by atoms with van der Waals surface area (Å²) in [6.07, 6.45) is 5.26. The third kappa shape index (κ3) is 3.93. The van der Waals surface area contributed by atoms with Crippen LogP contribution in [0.25, 0.3) is 0 Å². The van der Waals surface area contributed by atoms with Crippen molar-refractivity contribution in [3.63, 3.8) is 0 Å². The SMILES string of the molecule is CCN(C(=O)c1cncc(C(=O)N2CCCC(C)C2)c1)c1ccccc1. The van der Waals surface area contributed by atoms with Crippen LogP contribution in [-0.4, -0.2) is 41.3 Å². The first-order chi connectivity index (χ1) is 12.6. The lowest BCUT2D eigenvalue weighted by Gasteiger charge is -2.31. The van der Waals surface area contributed by atoms with Gasteiger partial charge in [0, 0.05) is 37.7 Å². The number of hydrogen-bond acceptors (Lipinski definition) is 3. The van der Waals surface area contributed by atoms with E-state index in [0.717, 1.165) is 31.6 Å². The molecule has 2 amide bonds. The third-order valence-corrected chi connectivity index (χ3v) is 4.81. The fourth-order valence-electron chi connectivity index (χ4n) is 3.44. The molecule has 1 aliphatic rings. The van der Waals surface area contributed by atoms with Crippen LogP contribution in [0.15, 0.2) is 48.8 Å². The first-order valence-electron chi connectivity index (χ1n) is 9.21. The quantitative estimate of drug-likeness (QED) is 0.845. The van der Waals surface area contributed by atoms with Crippen molar-refractivity contribution in [2.24, 2.45) is 5.92 Å². The Hall–Kier alpha value is -2.69. The molecule has 2 aromatic rings. The van der Waals surface area contributed by atoms with E-state index in [1.807, 2.05) is 42.2 Å². The third-order valence-electron chi connectivity index (χ3n) is 4.81. The summed E-state index contributed by atoms with van der Waals surface area (Å²) in [5.74, 6) is 0.327. The van der Waals surface area contributed by atoms with E-state index >= 15 is 0 Å². The van der Waals surface area contributed by atoms with Gasteiger partial charge in [-0.2, -0.15) is 0 Å². The van der Waals surface area contributed by atoms with Crippen LogP contribution < -0.4 is 4.90 Å². The van der Waals surface area contributed by atoms with Crippen LogP contribution in [0.5, 0.6) is 0 Å². The maximum atomic E-state index is 12.9. The fraction of sp³-hybridized carbons (Fsp3) is 0.381. The van der Waals surface area contributed by atoms with Crippen molar-refractivity contribution in [2.75, 3.05) is 24.5 Å². The van der Waals surface area contributed by atoms with Gasteiger partial charge in [-0.15, -0.1) is 0 Å². The van der Waals surface area contributed by atoms with Gasteiger partial charge < -0.3 is 9.80 Å². The van der Waals surface area contributed by atoms with Gasteiger partial charge in [0.2, 0.25) is 0 Å². The highest BCUT2D eigenvalue weighted by Gasteiger charge is 2.24. The van der Waals surface area contributed by atoms with Crippen molar-refractivity contribution in [1.29, 1.82) is 0 Å². The summed E-state index contributed by atoms with van der Waals surface area (Å²) in [5.41, 5.74) is 1.75. The number of nitrogens with zero attached hydrogens (tertiary/aromatic N) is 3. The molecule has 1 aliphatic heterocycles. The van der Waals surface area contributed by atoms with Crippen molar-refractivity contribution in [3.8, 4) is 0 Å². The molecule has 0 spiro atoms. The van der Waals surface area contributed by atoms with Crippen molar-refractivity contribution < 1.29 is 9.59 Å². The summed E-state index contributed by atoms with van der Waals surface area (Å²) in [7, 11) is 0. The Morgan fingerprint density at radius 2 is 1.92 bits per heavy atom. The average molecular weight is 351 g/mol. The van der Waals surface area contributed by atoms with Crippen LogP contribution in [0.1, 0.15) is 47.4 Å². The highest BCUT2D eigenvalue weighted by atomic mass is 16.2. The first kappa shape index (κ1) is 18.1. The molecule has 1 atom stereocenters. The van der Waals surface area contributed by atoms with Gasteiger partial charge in [0.15, 0.2) is 0 Å². The van der Waals surface area contributed by atoms with Crippen LogP contribution in [0.2, 0.25) is 0 Å². The van der Waals surface area contributed by atoms with Crippen molar-refractivity contribution >= 4 is 17.5 Å². The summed E-state index contributed by atoms with van der Waals surface area (Å²) < 4.78 is 0. The van der Waals surface area contributed by atoms with E-state index in [1.54, 1.807) is 17.2 Å². The number of para-hydroxylation sites is 1. The second-order valence-electron chi connectivity index (χ2n) is 6.85. The minimum Gasteiger partial charge on any atom is -0.338 e. The first-order valence-corrected chi connectivity index (χ1v) is 9.21. The zero-order valence-electron chi connectivity index (χ0n) is 15.4. The molecule has 1 fully saturated rings. The molecule has 3 rings (SSSR count). The van der Waals surface area contributed by atoms with Gasteiger partial charge >= 0.3 is 0 Å². The van der Waals surface area contributed by atoms with Gasteiger partial charge in [0.25, 0.3) is 11.8 Å². The van der Waals surface area contributed by atoms with Crippen molar-refractivity contribution in [3.05, 3.63) is 59.9 Å². The Bertz CT molecular complexity index is 776. The number of amides is 2. The smallest absolute Gasteiger partial charge is 0.259 e. The largest absolute Gasteiger partial charge is 0.338 e. The molecule has 0 radical (unpaired) electrons. The number of anilines is 1. The fourth-order valence-corrected chi connectivity index (χ4v) is 3.44. The lowest BCUT2D eigenvalue weighted by Crippen LogP contribution is -2.39. The molecular formula is C21H25N3O2. The van der Waals surface area contributed by atoms with Crippen LogP contribution >= 0.6 is 0 Å². The Kier molecular flexibility index (Phi) is 5.66. The molecule has 2 heterocycles. The van der Waals surface area contributed by atoms with E-state index in [4.69, 9.17) is 0 Å². The zero-order chi connectivity index (χ0) is 18.5. The predicted octanol–water partition coefficient (Wildman–Crippen LogP) is 3.62. The number of hydrogen-bond donors (Lipinski definition) is 0. The van der Waals surface area contributed by atoms with Crippen molar-refractivity contribution in [2.45, 2.75) is 26.7 Å². The van der Waals surface area contributed by atoms with Crippen LogP contribution in [0.4, 0.5) is 5.69 Å². The summed E-state index contributed by atoms with van der Waals surface area (Å²) >= 11 is 0. The van der Waals surface area contributed by atoms with Gasteiger partial charge in [-0.3, -0.25) is 14.6 Å². The summed E-state index contributed by atoms with van der Waals surface area (Å²) in [6, 6.07) is 11.2. The summed E-state index contributed by atoms with van der Waals surface area (Å²) in [4.78, 5) is 33.4. The second kappa shape index (κ2) is 8.13. The molecule has 5 heteroatoms. The Balaban J connectivity index is 1.82.